The molecule has 3 rings (SSSR count). The van der Waals surface area contributed by atoms with Crippen molar-refractivity contribution in [3.8, 4) is 5.75 Å². The van der Waals surface area contributed by atoms with E-state index in [1.54, 1.807) is 6.07 Å². The molecular formula is C14H16O3. The number of aromatic hydroxyl groups is 1. The number of methoxy groups -OCH3 is 1. The van der Waals surface area contributed by atoms with Crippen LogP contribution in [0.1, 0.15) is 59.0 Å². The van der Waals surface area contributed by atoms with Gasteiger partial charge in [-0.25, -0.2) is 4.79 Å². The third-order valence-electron chi connectivity index (χ3n) is 3.64. The topological polar surface area (TPSA) is 46.5 Å². The number of carbonyl (C=O) groups excluding carboxylic acids is 1. The SMILES string of the molecule is COC(=O)c1cc(C2CC2)c(C2CC2)cc1O. The van der Waals surface area contributed by atoms with E-state index in [2.05, 4.69) is 4.74 Å². The summed E-state index contributed by atoms with van der Waals surface area (Å²) in [6, 6.07) is 3.62. The molecule has 0 radical (unpaired) electrons. The van der Waals surface area contributed by atoms with Gasteiger partial charge in [0.1, 0.15) is 11.3 Å². The molecule has 17 heavy (non-hydrogen) atoms. The van der Waals surface area contributed by atoms with Crippen LogP contribution in [-0.4, -0.2) is 18.2 Å². The summed E-state index contributed by atoms with van der Waals surface area (Å²) >= 11 is 0. The molecule has 1 N–H and O–H groups in total. The molecular weight excluding hydrogens is 216 g/mol. The molecule has 0 amide bonds. The molecule has 0 spiro atoms. The zero-order valence-electron chi connectivity index (χ0n) is 9.90. The van der Waals surface area contributed by atoms with Gasteiger partial charge in [-0.05, 0) is 60.8 Å². The first-order chi connectivity index (χ1) is 8.20. The number of rotatable bonds is 3. The van der Waals surface area contributed by atoms with Gasteiger partial charge in [0.25, 0.3) is 0 Å². The van der Waals surface area contributed by atoms with Gasteiger partial charge in [0.15, 0.2) is 0 Å². The van der Waals surface area contributed by atoms with Crippen molar-refractivity contribution in [2.45, 2.75) is 37.5 Å². The first kappa shape index (κ1) is 10.6. The van der Waals surface area contributed by atoms with E-state index in [-0.39, 0.29) is 5.75 Å². The van der Waals surface area contributed by atoms with E-state index in [9.17, 15) is 9.90 Å². The van der Waals surface area contributed by atoms with E-state index in [1.807, 2.05) is 6.07 Å². The molecule has 0 aliphatic heterocycles. The van der Waals surface area contributed by atoms with Gasteiger partial charge in [-0.1, -0.05) is 0 Å². The number of phenolic OH excluding ortho intramolecular Hbond substituents is 1. The highest BCUT2D eigenvalue weighted by Gasteiger charge is 2.34. The normalized spacial score (nSPS) is 19.1. The third kappa shape index (κ3) is 1.90. The summed E-state index contributed by atoms with van der Waals surface area (Å²) in [5, 5.41) is 9.90. The molecule has 0 aromatic heterocycles. The number of phenols is 1. The summed E-state index contributed by atoms with van der Waals surface area (Å²) in [6.07, 6.45) is 4.81. The lowest BCUT2D eigenvalue weighted by Crippen LogP contribution is -2.04. The van der Waals surface area contributed by atoms with Crippen molar-refractivity contribution in [1.82, 2.24) is 0 Å². The van der Waals surface area contributed by atoms with Crippen LogP contribution in [0, 0.1) is 0 Å². The van der Waals surface area contributed by atoms with Crippen molar-refractivity contribution >= 4 is 5.97 Å². The van der Waals surface area contributed by atoms with Crippen molar-refractivity contribution in [2.75, 3.05) is 7.11 Å². The largest absolute Gasteiger partial charge is 0.507 e. The highest BCUT2D eigenvalue weighted by Crippen LogP contribution is 2.50. The van der Waals surface area contributed by atoms with Gasteiger partial charge in [0.2, 0.25) is 0 Å². The van der Waals surface area contributed by atoms with Gasteiger partial charge in [-0.2, -0.15) is 0 Å². The number of esters is 1. The first-order valence-corrected chi connectivity index (χ1v) is 6.16. The maximum absolute atomic E-state index is 11.5. The van der Waals surface area contributed by atoms with E-state index in [4.69, 9.17) is 0 Å². The fourth-order valence-corrected chi connectivity index (χ4v) is 2.39. The molecule has 1 aromatic rings. The van der Waals surface area contributed by atoms with Crippen LogP contribution >= 0.6 is 0 Å². The summed E-state index contributed by atoms with van der Waals surface area (Å²) in [4.78, 5) is 11.5. The van der Waals surface area contributed by atoms with Gasteiger partial charge in [0, 0.05) is 0 Å². The number of ether oxygens (including phenoxy) is 1. The number of benzene rings is 1. The van der Waals surface area contributed by atoms with Crippen LogP contribution in [-0.2, 0) is 4.74 Å². The van der Waals surface area contributed by atoms with Crippen molar-refractivity contribution in [3.63, 3.8) is 0 Å². The fourth-order valence-electron chi connectivity index (χ4n) is 2.39. The van der Waals surface area contributed by atoms with Crippen molar-refractivity contribution in [2.24, 2.45) is 0 Å². The Morgan fingerprint density at radius 2 is 1.71 bits per heavy atom. The zero-order chi connectivity index (χ0) is 12.0. The fraction of sp³-hybridized carbons (Fsp3) is 0.500. The Bertz CT molecular complexity index is 471. The highest BCUT2D eigenvalue weighted by molar-refractivity contribution is 5.92. The third-order valence-corrected chi connectivity index (χ3v) is 3.64. The Morgan fingerprint density at radius 1 is 1.18 bits per heavy atom. The van der Waals surface area contributed by atoms with Gasteiger partial charge < -0.3 is 9.84 Å². The number of hydrogen-bond donors (Lipinski definition) is 1. The second-order valence-electron chi connectivity index (χ2n) is 5.04. The molecule has 3 nitrogen and oxygen atoms in total. The Hall–Kier alpha value is -1.51. The van der Waals surface area contributed by atoms with Gasteiger partial charge in [-0.15, -0.1) is 0 Å². The molecule has 2 aliphatic rings. The van der Waals surface area contributed by atoms with Crippen LogP contribution in [0.15, 0.2) is 12.1 Å². The van der Waals surface area contributed by atoms with E-state index in [0.717, 1.165) is 0 Å². The number of carbonyl (C=O) groups is 1. The summed E-state index contributed by atoms with van der Waals surface area (Å²) < 4.78 is 4.69. The molecule has 0 bridgehead atoms. The van der Waals surface area contributed by atoms with Crippen LogP contribution < -0.4 is 0 Å². The standard InChI is InChI=1S/C14H16O3/c1-17-14(16)12-6-10(8-2-3-8)11(7-13(12)15)9-4-5-9/h6-9,15H,2-5H2,1H3. The maximum Gasteiger partial charge on any atom is 0.341 e. The molecule has 0 unspecified atom stereocenters. The van der Waals surface area contributed by atoms with Gasteiger partial charge >= 0.3 is 5.97 Å². The average Bonchev–Trinajstić information content (AvgIpc) is 3.18. The first-order valence-electron chi connectivity index (χ1n) is 6.16. The monoisotopic (exact) mass is 232 g/mol. The maximum atomic E-state index is 11.5. The molecule has 0 atom stereocenters. The Labute approximate surface area is 100 Å². The van der Waals surface area contributed by atoms with Crippen LogP contribution in [0.2, 0.25) is 0 Å². The predicted molar refractivity (Wildman–Crippen MR) is 63.4 cm³/mol. The Kier molecular flexibility index (Phi) is 2.35. The summed E-state index contributed by atoms with van der Waals surface area (Å²) in [7, 11) is 1.34. The van der Waals surface area contributed by atoms with Crippen LogP contribution in [0.3, 0.4) is 0 Å². The van der Waals surface area contributed by atoms with E-state index in [0.29, 0.717) is 17.4 Å². The lowest BCUT2D eigenvalue weighted by atomic mass is 9.96. The quantitative estimate of drug-likeness (QED) is 0.815. The second kappa shape index (κ2) is 3.76. The lowest BCUT2D eigenvalue weighted by Gasteiger charge is -2.11. The predicted octanol–water partition coefficient (Wildman–Crippen LogP) is 2.93. The van der Waals surface area contributed by atoms with Gasteiger partial charge in [0.05, 0.1) is 7.11 Å². The Morgan fingerprint density at radius 3 is 2.18 bits per heavy atom. The molecule has 2 saturated carbocycles. The van der Waals surface area contributed by atoms with Crippen LogP contribution in [0.5, 0.6) is 5.75 Å². The lowest BCUT2D eigenvalue weighted by molar-refractivity contribution is 0.0597. The van der Waals surface area contributed by atoms with Crippen LogP contribution in [0.4, 0.5) is 0 Å². The summed E-state index contributed by atoms with van der Waals surface area (Å²) in [5.74, 6) is 0.799. The molecule has 0 saturated heterocycles. The molecule has 90 valence electrons. The van der Waals surface area contributed by atoms with Crippen molar-refractivity contribution in [3.05, 3.63) is 28.8 Å². The zero-order valence-corrected chi connectivity index (χ0v) is 9.90. The average molecular weight is 232 g/mol. The van der Waals surface area contributed by atoms with Crippen molar-refractivity contribution < 1.29 is 14.6 Å². The minimum Gasteiger partial charge on any atom is -0.507 e. The molecule has 2 fully saturated rings. The molecule has 1 aromatic carbocycles. The van der Waals surface area contributed by atoms with E-state index >= 15 is 0 Å². The smallest absolute Gasteiger partial charge is 0.341 e. The van der Waals surface area contributed by atoms with E-state index < -0.39 is 5.97 Å². The number of hydrogen-bond acceptors (Lipinski definition) is 3. The van der Waals surface area contributed by atoms with Gasteiger partial charge in [-0.3, -0.25) is 0 Å². The van der Waals surface area contributed by atoms with E-state index in [1.165, 1.54) is 43.9 Å². The Balaban J connectivity index is 2.06. The molecule has 3 heteroatoms. The van der Waals surface area contributed by atoms with Crippen molar-refractivity contribution in [1.29, 1.82) is 0 Å². The minimum atomic E-state index is -0.452. The molecule has 0 heterocycles. The highest BCUT2D eigenvalue weighted by atomic mass is 16.5. The second-order valence-corrected chi connectivity index (χ2v) is 5.04. The molecule has 2 aliphatic carbocycles. The summed E-state index contributed by atoms with van der Waals surface area (Å²) in [6.45, 7) is 0. The summed E-state index contributed by atoms with van der Waals surface area (Å²) in [5.41, 5.74) is 2.81. The van der Waals surface area contributed by atoms with Crippen LogP contribution in [0.25, 0.3) is 0 Å². The minimum absolute atomic E-state index is 0.0585.